The fourth-order valence-electron chi connectivity index (χ4n) is 2.97. The van der Waals surface area contributed by atoms with Gasteiger partial charge in [-0.2, -0.15) is 0 Å². The third kappa shape index (κ3) is 3.98. The molecule has 0 fully saturated rings. The molecule has 0 aliphatic heterocycles. The molecule has 3 unspecified atom stereocenters. The van der Waals surface area contributed by atoms with Gasteiger partial charge in [0.05, 0.1) is 6.10 Å². The summed E-state index contributed by atoms with van der Waals surface area (Å²) in [5, 5.41) is 11.7. The van der Waals surface area contributed by atoms with E-state index >= 15 is 0 Å². The Morgan fingerprint density at radius 1 is 1.37 bits per heavy atom. The monoisotopic (exact) mass is 298 g/mol. The van der Waals surface area contributed by atoms with Gasteiger partial charge in [0.25, 0.3) is 0 Å². The summed E-state index contributed by atoms with van der Waals surface area (Å²) in [5.41, 5.74) is 2.35. The molecule has 0 heterocycles. The Kier molecular flexibility index (Phi) is 4.94. The lowest BCUT2D eigenvalue weighted by Gasteiger charge is -2.29. The Balaban J connectivity index is 2.05. The lowest BCUT2D eigenvalue weighted by Crippen LogP contribution is -2.27. The Morgan fingerprint density at radius 3 is 2.74 bits per heavy atom. The molecule has 1 N–H and O–H groups in total. The average Bonchev–Trinajstić information content (AvgIpc) is 2.31. The van der Waals surface area contributed by atoms with Crippen molar-refractivity contribution < 1.29 is 5.11 Å². The molecule has 1 aromatic carbocycles. The van der Waals surface area contributed by atoms with Crippen LogP contribution in [-0.2, 0) is 6.42 Å². The third-order valence-electron chi connectivity index (χ3n) is 3.82. The van der Waals surface area contributed by atoms with Crippen molar-refractivity contribution >= 4 is 23.2 Å². The first-order valence-electron chi connectivity index (χ1n) is 6.75. The fraction of sp³-hybridized carbons (Fsp3) is 0.500. The van der Waals surface area contributed by atoms with Crippen molar-refractivity contribution in [1.82, 2.24) is 0 Å². The predicted molar refractivity (Wildman–Crippen MR) is 81.8 cm³/mol. The topological polar surface area (TPSA) is 20.2 Å². The summed E-state index contributed by atoms with van der Waals surface area (Å²) in [4.78, 5) is 0. The SMILES string of the molecule is CC1=CC(C)CC(C(O)Cc2ccc(Cl)cc2Cl)C1. The maximum Gasteiger partial charge on any atom is 0.0612 e. The van der Waals surface area contributed by atoms with Crippen LogP contribution in [0, 0.1) is 11.8 Å². The van der Waals surface area contributed by atoms with Gasteiger partial charge in [-0.05, 0) is 49.3 Å². The first-order chi connectivity index (χ1) is 8.95. The van der Waals surface area contributed by atoms with Crippen molar-refractivity contribution in [2.24, 2.45) is 11.8 Å². The molecule has 1 aliphatic carbocycles. The maximum absolute atomic E-state index is 10.4. The number of hydrogen-bond acceptors (Lipinski definition) is 1. The smallest absolute Gasteiger partial charge is 0.0612 e. The minimum Gasteiger partial charge on any atom is -0.392 e. The van der Waals surface area contributed by atoms with E-state index in [0.29, 0.717) is 28.3 Å². The van der Waals surface area contributed by atoms with Crippen LogP contribution in [0.3, 0.4) is 0 Å². The molecule has 104 valence electrons. The second kappa shape index (κ2) is 6.30. The van der Waals surface area contributed by atoms with Crippen LogP contribution in [0.25, 0.3) is 0 Å². The average molecular weight is 299 g/mol. The van der Waals surface area contributed by atoms with Gasteiger partial charge in [-0.3, -0.25) is 0 Å². The van der Waals surface area contributed by atoms with Crippen molar-refractivity contribution in [2.75, 3.05) is 0 Å². The minimum absolute atomic E-state index is 0.326. The Labute approximate surface area is 125 Å². The molecule has 0 bridgehead atoms. The summed E-state index contributed by atoms with van der Waals surface area (Å²) in [5.74, 6) is 0.876. The summed E-state index contributed by atoms with van der Waals surface area (Å²) in [6.45, 7) is 4.35. The predicted octanol–water partition coefficient (Wildman–Crippen LogP) is 4.89. The molecule has 0 amide bonds. The van der Waals surface area contributed by atoms with Crippen molar-refractivity contribution in [3.63, 3.8) is 0 Å². The van der Waals surface area contributed by atoms with Crippen LogP contribution in [0.4, 0.5) is 0 Å². The first-order valence-corrected chi connectivity index (χ1v) is 7.50. The highest BCUT2D eigenvalue weighted by Crippen LogP contribution is 2.32. The van der Waals surface area contributed by atoms with E-state index in [4.69, 9.17) is 23.2 Å². The number of halogens is 2. The molecule has 0 radical (unpaired) electrons. The van der Waals surface area contributed by atoms with E-state index in [0.717, 1.165) is 18.4 Å². The van der Waals surface area contributed by atoms with E-state index in [1.54, 1.807) is 6.07 Å². The van der Waals surface area contributed by atoms with Gasteiger partial charge in [0, 0.05) is 16.5 Å². The van der Waals surface area contributed by atoms with Crippen molar-refractivity contribution in [3.8, 4) is 0 Å². The highest BCUT2D eigenvalue weighted by Gasteiger charge is 2.25. The third-order valence-corrected chi connectivity index (χ3v) is 4.40. The van der Waals surface area contributed by atoms with Crippen LogP contribution in [0.1, 0.15) is 32.3 Å². The van der Waals surface area contributed by atoms with Gasteiger partial charge in [-0.15, -0.1) is 0 Å². The van der Waals surface area contributed by atoms with Gasteiger partial charge >= 0.3 is 0 Å². The van der Waals surface area contributed by atoms with Gasteiger partial charge in [0.15, 0.2) is 0 Å². The summed E-state index contributed by atoms with van der Waals surface area (Å²) in [7, 11) is 0. The number of hydrogen-bond donors (Lipinski definition) is 1. The van der Waals surface area contributed by atoms with E-state index in [1.807, 2.05) is 12.1 Å². The Hall–Kier alpha value is -0.500. The summed E-state index contributed by atoms with van der Waals surface area (Å²) in [6.07, 6.45) is 4.59. The first kappa shape index (κ1) is 14.9. The van der Waals surface area contributed by atoms with Crippen LogP contribution >= 0.6 is 23.2 Å². The highest BCUT2D eigenvalue weighted by molar-refractivity contribution is 6.35. The summed E-state index contributed by atoms with van der Waals surface area (Å²) >= 11 is 12.0. The van der Waals surface area contributed by atoms with Crippen LogP contribution in [0.2, 0.25) is 10.0 Å². The molecule has 0 aromatic heterocycles. The zero-order valence-electron chi connectivity index (χ0n) is 11.4. The van der Waals surface area contributed by atoms with E-state index in [2.05, 4.69) is 19.9 Å². The van der Waals surface area contributed by atoms with Gasteiger partial charge in [-0.25, -0.2) is 0 Å². The van der Waals surface area contributed by atoms with Gasteiger partial charge < -0.3 is 5.11 Å². The molecular weight excluding hydrogens is 279 g/mol. The number of rotatable bonds is 3. The van der Waals surface area contributed by atoms with Crippen LogP contribution in [0.15, 0.2) is 29.8 Å². The molecule has 1 nitrogen and oxygen atoms in total. The van der Waals surface area contributed by atoms with Crippen molar-refractivity contribution in [1.29, 1.82) is 0 Å². The number of benzene rings is 1. The van der Waals surface area contributed by atoms with Crippen LogP contribution < -0.4 is 0 Å². The van der Waals surface area contributed by atoms with E-state index in [9.17, 15) is 5.11 Å². The van der Waals surface area contributed by atoms with Gasteiger partial charge in [0.1, 0.15) is 0 Å². The number of allylic oxidation sites excluding steroid dienone is 2. The Morgan fingerprint density at radius 2 is 2.11 bits per heavy atom. The highest BCUT2D eigenvalue weighted by atomic mass is 35.5. The molecule has 19 heavy (non-hydrogen) atoms. The maximum atomic E-state index is 10.4. The summed E-state index contributed by atoms with van der Waals surface area (Å²) in [6, 6.07) is 5.47. The Bertz CT molecular complexity index is 482. The minimum atomic E-state index is -0.343. The van der Waals surface area contributed by atoms with E-state index in [1.165, 1.54) is 5.57 Å². The van der Waals surface area contributed by atoms with Gasteiger partial charge in [-0.1, -0.05) is 47.8 Å². The second-order valence-corrected chi connectivity index (χ2v) is 6.54. The molecule has 1 aromatic rings. The molecule has 1 aliphatic rings. The van der Waals surface area contributed by atoms with Crippen LogP contribution in [0.5, 0.6) is 0 Å². The second-order valence-electron chi connectivity index (χ2n) is 5.70. The zero-order valence-corrected chi connectivity index (χ0v) is 12.9. The molecular formula is C16H20Cl2O. The van der Waals surface area contributed by atoms with E-state index in [-0.39, 0.29) is 6.10 Å². The number of aliphatic hydroxyl groups is 1. The molecule has 0 saturated carbocycles. The van der Waals surface area contributed by atoms with E-state index < -0.39 is 0 Å². The molecule has 3 atom stereocenters. The fourth-order valence-corrected chi connectivity index (χ4v) is 3.45. The number of aliphatic hydroxyl groups excluding tert-OH is 1. The normalized spacial score (nSPS) is 25.0. The largest absolute Gasteiger partial charge is 0.392 e. The van der Waals surface area contributed by atoms with Crippen molar-refractivity contribution in [3.05, 3.63) is 45.5 Å². The molecule has 2 rings (SSSR count). The molecule has 3 heteroatoms. The quantitative estimate of drug-likeness (QED) is 0.788. The zero-order chi connectivity index (χ0) is 14.0. The van der Waals surface area contributed by atoms with Crippen molar-refractivity contribution in [2.45, 2.75) is 39.2 Å². The summed E-state index contributed by atoms with van der Waals surface area (Å²) < 4.78 is 0. The lowest BCUT2D eigenvalue weighted by atomic mass is 9.79. The molecule has 0 saturated heterocycles. The lowest BCUT2D eigenvalue weighted by molar-refractivity contribution is 0.0932. The molecule has 0 spiro atoms. The standard InChI is InChI=1S/C16H20Cl2O/c1-10-5-11(2)7-13(6-10)16(19)8-12-3-4-14(17)9-15(12)18/h3-5,9-10,13,16,19H,6-8H2,1-2H3. The van der Waals surface area contributed by atoms with Gasteiger partial charge in [0.2, 0.25) is 0 Å². The van der Waals surface area contributed by atoms with Crippen LogP contribution in [-0.4, -0.2) is 11.2 Å².